The molecule has 0 spiro atoms. The van der Waals surface area contributed by atoms with Crippen molar-refractivity contribution in [2.24, 2.45) is 4.99 Å². The first kappa shape index (κ1) is 23.9. The molecule has 2 aromatic carbocycles. The number of allylic oxidation sites excluding steroid dienone is 1. The van der Waals surface area contributed by atoms with Crippen LogP contribution in [0.5, 0.6) is 0 Å². The van der Waals surface area contributed by atoms with Crippen LogP contribution < -0.4 is 4.90 Å². The maximum atomic E-state index is 13.6. The van der Waals surface area contributed by atoms with Crippen molar-refractivity contribution in [2.45, 2.75) is 52.2 Å². The van der Waals surface area contributed by atoms with Gasteiger partial charge in [0.05, 0.1) is 28.8 Å². The summed E-state index contributed by atoms with van der Waals surface area (Å²) in [5.74, 6) is 0.00261. The Morgan fingerprint density at radius 1 is 1.20 bits per heavy atom. The molecular weight excluding hydrogens is 454 g/mol. The summed E-state index contributed by atoms with van der Waals surface area (Å²) in [5, 5.41) is 0.719. The number of hydrogen-bond acceptors (Lipinski definition) is 5. The van der Waals surface area contributed by atoms with Crippen LogP contribution in [0.15, 0.2) is 58.4 Å². The maximum Gasteiger partial charge on any atom is 0.266 e. The fourth-order valence-corrected chi connectivity index (χ4v) is 5.97. The van der Waals surface area contributed by atoms with Crippen molar-refractivity contribution in [2.75, 3.05) is 25.1 Å². The molecule has 0 bridgehead atoms. The summed E-state index contributed by atoms with van der Waals surface area (Å²) in [5.41, 5.74) is 6.74. The Balaban J connectivity index is 1.51. The van der Waals surface area contributed by atoms with Gasteiger partial charge in [-0.05, 0) is 99.3 Å². The topological polar surface area (TPSA) is 45.1 Å². The molecule has 0 N–H and O–H groups in total. The molecule has 182 valence electrons. The fraction of sp³-hybridized carbons (Fsp3) is 0.379. The highest BCUT2D eigenvalue weighted by Crippen LogP contribution is 2.41. The molecule has 0 radical (unpaired) electrons. The lowest BCUT2D eigenvalue weighted by Gasteiger charge is -2.41. The van der Waals surface area contributed by atoms with Gasteiger partial charge >= 0.3 is 0 Å². The van der Waals surface area contributed by atoms with Crippen LogP contribution in [0.1, 0.15) is 50.3 Å². The van der Waals surface area contributed by atoms with Crippen LogP contribution in [-0.2, 0) is 9.53 Å². The van der Waals surface area contributed by atoms with E-state index in [-0.39, 0.29) is 17.6 Å². The van der Waals surface area contributed by atoms with Gasteiger partial charge in [0, 0.05) is 24.9 Å². The number of benzene rings is 2. The van der Waals surface area contributed by atoms with Gasteiger partial charge in [-0.15, -0.1) is 0 Å². The first-order valence-corrected chi connectivity index (χ1v) is 13.1. The molecule has 1 amide bonds. The predicted molar refractivity (Wildman–Crippen MR) is 147 cm³/mol. The molecule has 0 aromatic heterocycles. The highest BCUT2D eigenvalue weighted by atomic mass is 32.2. The maximum absolute atomic E-state index is 13.6. The van der Waals surface area contributed by atoms with Gasteiger partial charge in [0.25, 0.3) is 5.91 Å². The molecule has 1 atom stereocenters. The number of fused-ring (bicyclic) bond motifs is 1. The largest absolute Gasteiger partial charge is 0.376 e. The Hall–Kier alpha value is -2.83. The van der Waals surface area contributed by atoms with Crippen LogP contribution in [0.2, 0.25) is 0 Å². The van der Waals surface area contributed by atoms with E-state index in [1.807, 2.05) is 36.4 Å². The molecule has 35 heavy (non-hydrogen) atoms. The number of ether oxygens (including phenoxy) is 1. The smallest absolute Gasteiger partial charge is 0.266 e. The van der Waals surface area contributed by atoms with Crippen LogP contribution in [-0.4, -0.2) is 47.8 Å². The third-order valence-electron chi connectivity index (χ3n) is 7.17. The van der Waals surface area contributed by atoms with Crippen molar-refractivity contribution < 1.29 is 9.53 Å². The van der Waals surface area contributed by atoms with E-state index in [2.05, 4.69) is 57.9 Å². The molecule has 5 rings (SSSR count). The molecule has 6 heteroatoms. The average Bonchev–Trinajstić information content (AvgIpc) is 3.43. The van der Waals surface area contributed by atoms with Gasteiger partial charge in [0.2, 0.25) is 0 Å². The summed E-state index contributed by atoms with van der Waals surface area (Å²) < 4.78 is 5.85. The van der Waals surface area contributed by atoms with Crippen molar-refractivity contribution in [3.63, 3.8) is 0 Å². The third kappa shape index (κ3) is 4.69. The standard InChI is InChI=1S/C29H33N3O2S/c1-19-14-25-24(20(2)17-29(3,4)31(25)5)15-21(19)16-26-27(33)32(18-23-12-9-13-34-23)28(35-26)30-22-10-7-6-8-11-22/h6-8,10-11,14-17,23H,9,12-13,18H2,1-5H3/b26-16+,30-28?. The molecule has 3 aliphatic rings. The molecule has 2 saturated heterocycles. The predicted octanol–water partition coefficient (Wildman–Crippen LogP) is 6.41. The second-order valence-electron chi connectivity index (χ2n) is 10.2. The Labute approximate surface area is 212 Å². The van der Waals surface area contributed by atoms with Crippen LogP contribution in [0, 0.1) is 6.92 Å². The van der Waals surface area contributed by atoms with Gasteiger partial charge in [-0.25, -0.2) is 4.99 Å². The van der Waals surface area contributed by atoms with E-state index in [1.54, 1.807) is 4.90 Å². The zero-order chi connectivity index (χ0) is 24.7. The Bertz CT molecular complexity index is 1240. The second kappa shape index (κ2) is 9.32. The van der Waals surface area contributed by atoms with Gasteiger partial charge in [-0.2, -0.15) is 0 Å². The normalized spacial score (nSPS) is 23.9. The minimum Gasteiger partial charge on any atom is -0.376 e. The van der Waals surface area contributed by atoms with Gasteiger partial charge in [-0.1, -0.05) is 24.3 Å². The lowest BCUT2D eigenvalue weighted by atomic mass is 9.87. The fourth-order valence-electron chi connectivity index (χ4n) is 4.97. The summed E-state index contributed by atoms with van der Waals surface area (Å²) in [6.07, 6.45) is 6.43. The zero-order valence-electron chi connectivity index (χ0n) is 21.2. The molecule has 2 fully saturated rings. The number of amides is 1. The lowest BCUT2D eigenvalue weighted by Crippen LogP contribution is -2.42. The van der Waals surface area contributed by atoms with Crippen molar-refractivity contribution in [3.05, 3.63) is 70.1 Å². The monoisotopic (exact) mass is 487 g/mol. The van der Waals surface area contributed by atoms with Crippen molar-refractivity contribution in [1.82, 2.24) is 4.90 Å². The van der Waals surface area contributed by atoms with Crippen molar-refractivity contribution in [3.8, 4) is 0 Å². The number of rotatable bonds is 4. The number of carbonyl (C=O) groups excluding carboxylic acids is 1. The van der Waals surface area contributed by atoms with Crippen LogP contribution in [0.3, 0.4) is 0 Å². The Morgan fingerprint density at radius 3 is 2.69 bits per heavy atom. The molecular formula is C29H33N3O2S. The van der Waals surface area contributed by atoms with Crippen molar-refractivity contribution >= 4 is 45.9 Å². The number of thioether (sulfide) groups is 1. The molecule has 1 unspecified atom stereocenters. The van der Waals surface area contributed by atoms with E-state index < -0.39 is 0 Å². The van der Waals surface area contributed by atoms with E-state index in [0.717, 1.165) is 41.4 Å². The summed E-state index contributed by atoms with van der Waals surface area (Å²) >= 11 is 1.45. The number of anilines is 1. The van der Waals surface area contributed by atoms with E-state index >= 15 is 0 Å². The second-order valence-corrected chi connectivity index (χ2v) is 11.2. The van der Waals surface area contributed by atoms with Crippen molar-refractivity contribution in [1.29, 1.82) is 0 Å². The number of likely N-dealkylation sites (N-methyl/N-ethyl adjacent to an activating group) is 1. The van der Waals surface area contributed by atoms with E-state index in [9.17, 15) is 4.79 Å². The zero-order valence-corrected chi connectivity index (χ0v) is 22.0. The minimum atomic E-state index is -0.0353. The molecule has 5 nitrogen and oxygen atoms in total. The SMILES string of the molecule is CC1=CC(C)(C)N(C)c2cc(C)c(/C=C3/SC(=Nc4ccccc4)N(CC4CCCO4)C3=O)cc21. The minimum absolute atomic E-state index is 0.00261. The number of nitrogens with zero attached hydrogens (tertiary/aromatic N) is 3. The van der Waals surface area contributed by atoms with E-state index in [0.29, 0.717) is 11.4 Å². The van der Waals surface area contributed by atoms with Crippen LogP contribution in [0.4, 0.5) is 11.4 Å². The molecule has 0 saturated carbocycles. The molecule has 0 aliphatic carbocycles. The Morgan fingerprint density at radius 2 is 1.97 bits per heavy atom. The number of aliphatic imine (C=N–C) groups is 1. The van der Waals surface area contributed by atoms with E-state index in [4.69, 9.17) is 9.73 Å². The number of para-hydroxylation sites is 1. The van der Waals surface area contributed by atoms with Gasteiger partial charge < -0.3 is 9.64 Å². The highest BCUT2D eigenvalue weighted by molar-refractivity contribution is 8.18. The number of hydrogen-bond donors (Lipinski definition) is 0. The first-order chi connectivity index (χ1) is 16.7. The summed E-state index contributed by atoms with van der Waals surface area (Å²) in [6.45, 7) is 10.1. The van der Waals surface area contributed by atoms with Crippen LogP contribution >= 0.6 is 11.8 Å². The summed E-state index contributed by atoms with van der Waals surface area (Å²) in [6, 6.07) is 14.3. The number of carbonyl (C=O) groups is 1. The summed E-state index contributed by atoms with van der Waals surface area (Å²) in [4.78, 5) is 23.2. The number of amidine groups is 1. The lowest BCUT2D eigenvalue weighted by molar-refractivity contribution is -0.123. The van der Waals surface area contributed by atoms with E-state index in [1.165, 1.54) is 28.6 Å². The molecule has 2 aromatic rings. The average molecular weight is 488 g/mol. The van der Waals surface area contributed by atoms with Gasteiger partial charge in [-0.3, -0.25) is 9.69 Å². The number of aryl methyl sites for hydroxylation is 1. The quantitative estimate of drug-likeness (QED) is 0.468. The van der Waals surface area contributed by atoms with Gasteiger partial charge in [0.15, 0.2) is 5.17 Å². The van der Waals surface area contributed by atoms with Gasteiger partial charge in [0.1, 0.15) is 0 Å². The van der Waals surface area contributed by atoms with Crippen LogP contribution in [0.25, 0.3) is 11.6 Å². The molecule has 3 aliphatic heterocycles. The third-order valence-corrected chi connectivity index (χ3v) is 8.18. The Kier molecular flexibility index (Phi) is 6.36. The molecule has 3 heterocycles. The first-order valence-electron chi connectivity index (χ1n) is 12.3. The highest BCUT2D eigenvalue weighted by Gasteiger charge is 2.36. The summed E-state index contributed by atoms with van der Waals surface area (Å²) in [7, 11) is 2.14.